The number of Topliss-reactive ketones (excluding diaryl/α,β-unsaturated/α-hetero) is 1. The van der Waals surface area contributed by atoms with Crippen LogP contribution < -0.4 is 9.64 Å². The first-order chi connectivity index (χ1) is 15.8. The molecule has 4 rings (SSSR count). The monoisotopic (exact) mass is 462 g/mol. The second-order valence-corrected chi connectivity index (χ2v) is 8.45. The molecule has 1 unspecified atom stereocenters. The van der Waals surface area contributed by atoms with Gasteiger partial charge >= 0.3 is 0 Å². The molecule has 7 heteroatoms. The van der Waals surface area contributed by atoms with Gasteiger partial charge in [-0.2, -0.15) is 0 Å². The zero-order valence-corrected chi connectivity index (χ0v) is 19.2. The summed E-state index contributed by atoms with van der Waals surface area (Å²) in [4.78, 5) is 31.9. The Hall–Kier alpha value is -3.64. The van der Waals surface area contributed by atoms with Gasteiger partial charge in [-0.3, -0.25) is 19.5 Å². The van der Waals surface area contributed by atoms with Gasteiger partial charge in [0.25, 0.3) is 11.7 Å². The minimum atomic E-state index is -0.820. The first kappa shape index (κ1) is 22.6. The number of amides is 1. The predicted octanol–water partition coefficient (Wildman–Crippen LogP) is 5.49. The van der Waals surface area contributed by atoms with Crippen molar-refractivity contribution in [2.45, 2.75) is 25.8 Å². The van der Waals surface area contributed by atoms with E-state index >= 15 is 0 Å². The second-order valence-electron chi connectivity index (χ2n) is 8.05. The van der Waals surface area contributed by atoms with E-state index in [0.29, 0.717) is 33.5 Å². The Labute approximate surface area is 197 Å². The van der Waals surface area contributed by atoms with Crippen LogP contribution in [-0.2, 0) is 9.59 Å². The van der Waals surface area contributed by atoms with Crippen LogP contribution in [0.2, 0.25) is 5.02 Å². The zero-order valence-electron chi connectivity index (χ0n) is 18.4. The lowest BCUT2D eigenvalue weighted by molar-refractivity contribution is -0.132. The first-order valence-corrected chi connectivity index (χ1v) is 10.9. The Morgan fingerprint density at radius 3 is 2.33 bits per heavy atom. The molecular weight excluding hydrogens is 440 g/mol. The summed E-state index contributed by atoms with van der Waals surface area (Å²) in [5, 5.41) is 11.6. The number of pyridine rings is 1. The van der Waals surface area contributed by atoms with Gasteiger partial charge in [-0.1, -0.05) is 37.6 Å². The standard InChI is InChI=1S/C26H23ClN2O4/c1-15(2)16-4-7-19(8-5-16)29-23(17-10-12-28-13-11-17)22(25(31)26(29)32)24(30)18-6-9-20(27)21(14-18)33-3/h4-15,23,30H,1-3H3/b24-22-. The van der Waals surface area contributed by atoms with Gasteiger partial charge in [0, 0.05) is 23.6 Å². The van der Waals surface area contributed by atoms with E-state index in [9.17, 15) is 14.7 Å². The van der Waals surface area contributed by atoms with E-state index in [0.717, 1.165) is 5.56 Å². The number of hydrogen-bond acceptors (Lipinski definition) is 5. The summed E-state index contributed by atoms with van der Waals surface area (Å²) >= 11 is 6.12. The molecule has 1 saturated heterocycles. The topological polar surface area (TPSA) is 79.7 Å². The van der Waals surface area contributed by atoms with Gasteiger partial charge < -0.3 is 9.84 Å². The van der Waals surface area contributed by atoms with Crippen LogP contribution in [0.15, 0.2) is 72.6 Å². The Bertz CT molecular complexity index is 1240. The molecule has 6 nitrogen and oxygen atoms in total. The molecule has 33 heavy (non-hydrogen) atoms. The number of hydrogen-bond donors (Lipinski definition) is 1. The molecule has 1 aliphatic heterocycles. The van der Waals surface area contributed by atoms with Gasteiger partial charge in [0.15, 0.2) is 0 Å². The zero-order chi connectivity index (χ0) is 23.7. The summed E-state index contributed by atoms with van der Waals surface area (Å²) in [5.74, 6) is -1.11. The van der Waals surface area contributed by atoms with Gasteiger partial charge in [-0.25, -0.2) is 0 Å². The Balaban J connectivity index is 1.90. The number of aromatic nitrogens is 1. The fourth-order valence-corrected chi connectivity index (χ4v) is 4.14. The van der Waals surface area contributed by atoms with Crippen LogP contribution in [-0.4, -0.2) is 28.9 Å². The van der Waals surface area contributed by atoms with E-state index < -0.39 is 17.7 Å². The highest BCUT2D eigenvalue weighted by molar-refractivity contribution is 6.51. The van der Waals surface area contributed by atoms with E-state index in [2.05, 4.69) is 18.8 Å². The first-order valence-electron chi connectivity index (χ1n) is 10.5. The molecule has 0 aliphatic carbocycles. The molecule has 2 aromatic carbocycles. The summed E-state index contributed by atoms with van der Waals surface area (Å²) < 4.78 is 5.24. The number of carbonyl (C=O) groups is 2. The number of carbonyl (C=O) groups excluding carboxylic acids is 2. The quantitative estimate of drug-likeness (QED) is 0.308. The van der Waals surface area contributed by atoms with Crippen molar-refractivity contribution in [3.8, 4) is 5.75 Å². The van der Waals surface area contributed by atoms with Crippen molar-refractivity contribution in [2.24, 2.45) is 0 Å². The number of ether oxygens (including phenoxy) is 1. The highest BCUT2D eigenvalue weighted by Crippen LogP contribution is 2.42. The van der Waals surface area contributed by atoms with Crippen molar-refractivity contribution < 1.29 is 19.4 Å². The molecule has 168 valence electrons. The maximum Gasteiger partial charge on any atom is 0.300 e. The fourth-order valence-electron chi connectivity index (χ4n) is 3.94. The largest absolute Gasteiger partial charge is 0.507 e. The van der Waals surface area contributed by atoms with Crippen molar-refractivity contribution >= 4 is 34.7 Å². The number of halogens is 1. The van der Waals surface area contributed by atoms with Gasteiger partial charge in [0.2, 0.25) is 0 Å². The average Bonchev–Trinajstić information content (AvgIpc) is 3.10. The van der Waals surface area contributed by atoms with Gasteiger partial charge in [0.05, 0.1) is 23.7 Å². The number of anilines is 1. The number of methoxy groups -OCH3 is 1. The Morgan fingerprint density at radius 1 is 1.06 bits per heavy atom. The molecule has 0 radical (unpaired) electrons. The van der Waals surface area contributed by atoms with Crippen molar-refractivity contribution in [3.63, 3.8) is 0 Å². The lowest BCUT2D eigenvalue weighted by Gasteiger charge is -2.25. The molecule has 2 heterocycles. The van der Waals surface area contributed by atoms with Crippen LogP contribution in [0.3, 0.4) is 0 Å². The molecule has 0 spiro atoms. The van der Waals surface area contributed by atoms with Gasteiger partial charge in [-0.05, 0) is 59.5 Å². The summed E-state index contributed by atoms with van der Waals surface area (Å²) in [6.45, 7) is 4.16. The number of aliphatic hydroxyl groups excluding tert-OH is 1. The highest BCUT2D eigenvalue weighted by Gasteiger charge is 2.47. The van der Waals surface area contributed by atoms with Crippen LogP contribution in [0.1, 0.15) is 42.5 Å². The van der Waals surface area contributed by atoms with Crippen LogP contribution in [0.4, 0.5) is 5.69 Å². The van der Waals surface area contributed by atoms with E-state index in [4.69, 9.17) is 16.3 Å². The van der Waals surface area contributed by atoms with Crippen molar-refractivity contribution in [1.82, 2.24) is 4.98 Å². The normalized spacial score (nSPS) is 17.6. The van der Waals surface area contributed by atoms with Crippen molar-refractivity contribution in [2.75, 3.05) is 12.0 Å². The number of rotatable bonds is 5. The number of ketones is 1. The SMILES string of the molecule is COc1cc(/C(O)=C2/C(=O)C(=O)N(c3ccc(C(C)C)cc3)C2c2ccncc2)ccc1Cl. The third-order valence-corrected chi connectivity index (χ3v) is 6.04. The average molecular weight is 463 g/mol. The summed E-state index contributed by atoms with van der Waals surface area (Å²) in [6.07, 6.45) is 3.17. The van der Waals surface area contributed by atoms with E-state index in [1.165, 1.54) is 18.1 Å². The maximum absolute atomic E-state index is 13.2. The number of benzene rings is 2. The predicted molar refractivity (Wildman–Crippen MR) is 128 cm³/mol. The molecule has 1 N–H and O–H groups in total. The summed E-state index contributed by atoms with van der Waals surface area (Å²) in [7, 11) is 1.46. The van der Waals surface area contributed by atoms with Gasteiger partial charge in [-0.15, -0.1) is 0 Å². The molecule has 0 bridgehead atoms. The van der Waals surface area contributed by atoms with Crippen molar-refractivity contribution in [3.05, 3.63) is 94.3 Å². The minimum Gasteiger partial charge on any atom is -0.507 e. The number of aliphatic hydroxyl groups is 1. The molecule has 1 atom stereocenters. The third-order valence-electron chi connectivity index (χ3n) is 5.73. The van der Waals surface area contributed by atoms with Crippen LogP contribution >= 0.6 is 11.6 Å². The van der Waals surface area contributed by atoms with Gasteiger partial charge in [0.1, 0.15) is 11.5 Å². The van der Waals surface area contributed by atoms with Crippen LogP contribution in [0.25, 0.3) is 5.76 Å². The third kappa shape index (κ3) is 4.10. The molecular formula is C26H23ClN2O4. The Kier molecular flexibility index (Phi) is 6.20. The second kappa shape index (κ2) is 9.08. The minimum absolute atomic E-state index is 0.0106. The summed E-state index contributed by atoms with van der Waals surface area (Å²) in [6, 6.07) is 14.8. The molecule has 1 aliphatic rings. The van der Waals surface area contributed by atoms with E-state index in [1.54, 1.807) is 36.7 Å². The lowest BCUT2D eigenvalue weighted by atomic mass is 9.95. The summed E-state index contributed by atoms with van der Waals surface area (Å²) in [5.41, 5.74) is 2.65. The smallest absolute Gasteiger partial charge is 0.300 e. The number of nitrogens with zero attached hydrogens (tertiary/aromatic N) is 2. The lowest BCUT2D eigenvalue weighted by Crippen LogP contribution is -2.29. The molecule has 0 saturated carbocycles. The van der Waals surface area contributed by atoms with Crippen molar-refractivity contribution in [1.29, 1.82) is 0 Å². The molecule has 1 aromatic heterocycles. The van der Waals surface area contributed by atoms with E-state index in [-0.39, 0.29) is 11.3 Å². The molecule has 3 aromatic rings. The Morgan fingerprint density at radius 2 is 1.73 bits per heavy atom. The van der Waals surface area contributed by atoms with Crippen LogP contribution in [0.5, 0.6) is 5.75 Å². The maximum atomic E-state index is 13.2. The van der Waals surface area contributed by atoms with E-state index in [1.807, 2.05) is 24.3 Å². The molecule has 1 amide bonds. The fraction of sp³-hybridized carbons (Fsp3) is 0.192. The highest BCUT2D eigenvalue weighted by atomic mass is 35.5. The molecule has 1 fully saturated rings. The van der Waals surface area contributed by atoms with Crippen LogP contribution in [0, 0.1) is 0 Å².